The number of hydrogen-bond donors (Lipinski definition) is 3. The number of aliphatic hydroxyl groups excluding tert-OH is 1. The maximum atomic E-state index is 14.0. The lowest BCUT2D eigenvalue weighted by molar-refractivity contribution is -0.127. The number of aliphatic hydroxyl groups is 1. The van der Waals surface area contributed by atoms with Gasteiger partial charge in [-0.3, -0.25) is 4.79 Å². The van der Waals surface area contributed by atoms with Crippen molar-refractivity contribution < 1.29 is 37.3 Å². The molecule has 44 heavy (non-hydrogen) atoms. The zero-order valence-electron chi connectivity index (χ0n) is 24.7. The third kappa shape index (κ3) is 6.16. The molecule has 14 heteroatoms. The SMILES string of the molecule is COc1cccc(NC(=O)N2CCC3(CCOc4cc(N5CCOCC5)ccc4S(=O)(=O)N4C[C@H](O)C[C@H]4C(=O)N3)CC2)c1. The Morgan fingerprint density at radius 3 is 2.59 bits per heavy atom. The highest BCUT2D eigenvalue weighted by molar-refractivity contribution is 7.89. The van der Waals surface area contributed by atoms with Crippen molar-refractivity contribution in [2.24, 2.45) is 0 Å². The number of rotatable bonds is 3. The molecule has 0 aromatic heterocycles. The van der Waals surface area contributed by atoms with Crippen molar-refractivity contribution in [1.29, 1.82) is 0 Å². The number of carbonyl (C=O) groups is 2. The fraction of sp³-hybridized carbons (Fsp3) is 0.533. The van der Waals surface area contributed by atoms with Gasteiger partial charge in [0.15, 0.2) is 0 Å². The van der Waals surface area contributed by atoms with E-state index in [1.54, 1.807) is 48.4 Å². The van der Waals surface area contributed by atoms with Gasteiger partial charge in [0.25, 0.3) is 0 Å². The largest absolute Gasteiger partial charge is 0.497 e. The Morgan fingerprint density at radius 2 is 1.84 bits per heavy atom. The molecule has 6 rings (SSSR count). The van der Waals surface area contributed by atoms with Crippen molar-refractivity contribution in [3.63, 3.8) is 0 Å². The minimum Gasteiger partial charge on any atom is -0.497 e. The Labute approximate surface area is 257 Å². The Bertz CT molecular complexity index is 1490. The third-order valence-corrected chi connectivity index (χ3v) is 10.9. The Morgan fingerprint density at radius 1 is 1.07 bits per heavy atom. The number of sulfonamides is 1. The molecule has 0 radical (unpaired) electrons. The van der Waals surface area contributed by atoms with Crippen LogP contribution in [0.4, 0.5) is 16.2 Å². The first-order valence-corrected chi connectivity index (χ1v) is 16.4. The van der Waals surface area contributed by atoms with E-state index < -0.39 is 33.6 Å². The summed E-state index contributed by atoms with van der Waals surface area (Å²) in [5, 5.41) is 16.6. The number of benzene rings is 2. The fourth-order valence-electron chi connectivity index (χ4n) is 6.44. The lowest BCUT2D eigenvalue weighted by atomic mass is 9.84. The summed E-state index contributed by atoms with van der Waals surface area (Å²) >= 11 is 0. The van der Waals surface area contributed by atoms with E-state index in [2.05, 4.69) is 15.5 Å². The summed E-state index contributed by atoms with van der Waals surface area (Å²) in [4.78, 5) is 30.6. The maximum Gasteiger partial charge on any atom is 0.321 e. The molecule has 3 fully saturated rings. The maximum absolute atomic E-state index is 14.0. The third-order valence-electron chi connectivity index (χ3n) is 8.98. The first-order chi connectivity index (χ1) is 21.2. The van der Waals surface area contributed by atoms with E-state index in [1.807, 2.05) is 0 Å². The molecule has 3 amide bonds. The van der Waals surface area contributed by atoms with Gasteiger partial charge in [0.2, 0.25) is 15.9 Å². The van der Waals surface area contributed by atoms with E-state index in [0.29, 0.717) is 70.1 Å². The predicted octanol–water partition coefficient (Wildman–Crippen LogP) is 1.62. The summed E-state index contributed by atoms with van der Waals surface area (Å²) in [5.74, 6) is 0.397. The summed E-state index contributed by atoms with van der Waals surface area (Å²) in [6, 6.07) is 10.8. The smallest absolute Gasteiger partial charge is 0.321 e. The molecule has 238 valence electrons. The number of morpholine rings is 1. The van der Waals surface area contributed by atoms with E-state index in [9.17, 15) is 23.1 Å². The monoisotopic (exact) mass is 629 g/mol. The Kier molecular flexibility index (Phi) is 8.59. The van der Waals surface area contributed by atoms with Gasteiger partial charge in [-0.1, -0.05) is 6.07 Å². The standard InChI is InChI=1S/C30H39N5O8S/c1-41-24-4-2-3-21(17-24)31-29(38)34-10-7-30(8-11-34)9-14-43-26-18-22(33-12-15-42-16-13-33)5-6-27(26)44(39,40)35-20-23(36)19-25(35)28(37)32-30/h2-6,17-18,23,25,36H,7-16,19-20H2,1H3,(H,31,38)(H,32,37)/t23-,25+/m1/s1. The van der Waals surface area contributed by atoms with Crippen LogP contribution < -0.4 is 25.0 Å². The Balaban J connectivity index is 1.24. The molecule has 13 nitrogen and oxygen atoms in total. The van der Waals surface area contributed by atoms with Crippen LogP contribution in [0.15, 0.2) is 47.4 Å². The predicted molar refractivity (Wildman–Crippen MR) is 162 cm³/mol. The summed E-state index contributed by atoms with van der Waals surface area (Å²) in [7, 11) is -2.61. The molecule has 4 heterocycles. The number of fused-ring (bicyclic) bond motifs is 2. The molecule has 2 aromatic rings. The van der Waals surface area contributed by atoms with Gasteiger partial charge in [-0.15, -0.1) is 0 Å². The quantitative estimate of drug-likeness (QED) is 0.460. The number of methoxy groups -OCH3 is 1. The van der Waals surface area contributed by atoms with Gasteiger partial charge >= 0.3 is 6.03 Å². The molecule has 1 spiro atoms. The lowest BCUT2D eigenvalue weighted by Crippen LogP contribution is -2.60. The van der Waals surface area contributed by atoms with Crippen LogP contribution in [0, 0.1) is 0 Å². The second kappa shape index (κ2) is 12.4. The number of carbonyl (C=O) groups excluding carboxylic acids is 2. The highest BCUT2D eigenvalue weighted by Gasteiger charge is 2.47. The normalized spacial score (nSPS) is 25.2. The average molecular weight is 630 g/mol. The van der Waals surface area contributed by atoms with Crippen LogP contribution in [-0.4, -0.2) is 112 Å². The van der Waals surface area contributed by atoms with E-state index in [-0.39, 0.29) is 36.2 Å². The van der Waals surface area contributed by atoms with Crippen LogP contribution in [0.25, 0.3) is 0 Å². The molecule has 0 bridgehead atoms. The second-order valence-electron chi connectivity index (χ2n) is 11.7. The summed E-state index contributed by atoms with van der Waals surface area (Å²) in [6.07, 6.45) is 0.351. The highest BCUT2D eigenvalue weighted by Crippen LogP contribution is 2.37. The van der Waals surface area contributed by atoms with E-state index in [1.165, 1.54) is 6.07 Å². The molecule has 2 aromatic carbocycles. The van der Waals surface area contributed by atoms with Crippen LogP contribution in [0.2, 0.25) is 0 Å². The molecule has 3 saturated heterocycles. The van der Waals surface area contributed by atoms with Crippen LogP contribution >= 0.6 is 0 Å². The van der Waals surface area contributed by atoms with Gasteiger partial charge in [0.1, 0.15) is 22.4 Å². The van der Waals surface area contributed by atoms with E-state index >= 15 is 0 Å². The summed E-state index contributed by atoms with van der Waals surface area (Å²) < 4.78 is 45.9. The van der Waals surface area contributed by atoms with Crippen molar-refractivity contribution in [2.75, 3.05) is 69.9 Å². The van der Waals surface area contributed by atoms with Crippen molar-refractivity contribution in [3.05, 3.63) is 42.5 Å². The van der Waals surface area contributed by atoms with Crippen LogP contribution in [0.5, 0.6) is 11.5 Å². The average Bonchev–Trinajstić information content (AvgIpc) is 3.44. The minimum absolute atomic E-state index is 0.00172. The highest BCUT2D eigenvalue weighted by atomic mass is 32.2. The topological polar surface area (TPSA) is 150 Å². The Hall–Kier alpha value is -3.59. The second-order valence-corrected chi connectivity index (χ2v) is 13.6. The number of piperidine rings is 1. The van der Waals surface area contributed by atoms with Gasteiger partial charge in [-0.05, 0) is 37.1 Å². The van der Waals surface area contributed by atoms with Crippen molar-refractivity contribution >= 4 is 33.3 Å². The van der Waals surface area contributed by atoms with Crippen molar-refractivity contribution in [1.82, 2.24) is 14.5 Å². The number of nitrogens with zero attached hydrogens (tertiary/aromatic N) is 3. The van der Waals surface area contributed by atoms with E-state index in [4.69, 9.17) is 14.2 Å². The molecule has 0 saturated carbocycles. The molecule has 3 N–H and O–H groups in total. The molecule has 4 aliphatic heterocycles. The number of amides is 3. The number of anilines is 2. The summed E-state index contributed by atoms with van der Waals surface area (Å²) in [5.41, 5.74) is 0.718. The first-order valence-electron chi connectivity index (χ1n) is 15.0. The van der Waals surface area contributed by atoms with Crippen LogP contribution in [0.3, 0.4) is 0 Å². The van der Waals surface area contributed by atoms with Gasteiger partial charge in [-0.25, -0.2) is 13.2 Å². The van der Waals surface area contributed by atoms with Crippen molar-refractivity contribution in [3.8, 4) is 11.5 Å². The number of likely N-dealkylation sites (tertiary alicyclic amines) is 1. The molecule has 2 atom stereocenters. The zero-order valence-corrected chi connectivity index (χ0v) is 25.6. The van der Waals surface area contributed by atoms with Gasteiger partial charge < -0.3 is 39.8 Å². The molecule has 0 aliphatic carbocycles. The number of urea groups is 1. The molecular weight excluding hydrogens is 590 g/mol. The van der Waals surface area contributed by atoms with Gasteiger partial charge in [0, 0.05) is 74.6 Å². The van der Waals surface area contributed by atoms with Gasteiger partial charge in [-0.2, -0.15) is 4.31 Å². The lowest BCUT2D eigenvalue weighted by Gasteiger charge is -2.43. The summed E-state index contributed by atoms with van der Waals surface area (Å²) in [6.45, 7) is 3.24. The fourth-order valence-corrected chi connectivity index (χ4v) is 8.19. The number of nitrogens with one attached hydrogen (secondary N) is 2. The molecule has 4 aliphatic rings. The minimum atomic E-state index is -4.17. The number of ether oxygens (including phenoxy) is 3. The van der Waals surface area contributed by atoms with Crippen molar-refractivity contribution in [2.45, 2.75) is 48.3 Å². The molecule has 0 unspecified atom stereocenters. The zero-order chi connectivity index (χ0) is 30.9. The first kappa shape index (κ1) is 30.4. The van der Waals surface area contributed by atoms with Gasteiger partial charge in [0.05, 0.1) is 33.0 Å². The molecular formula is C30H39N5O8S. The number of hydrogen-bond acceptors (Lipinski definition) is 9. The van der Waals surface area contributed by atoms with E-state index in [0.717, 1.165) is 9.99 Å². The van der Waals surface area contributed by atoms with Crippen LogP contribution in [-0.2, 0) is 19.6 Å². The van der Waals surface area contributed by atoms with Crippen LogP contribution in [0.1, 0.15) is 25.7 Å².